The third kappa shape index (κ3) is 4.34. The number of nitrogens with one attached hydrogen (secondary N) is 2. The van der Waals surface area contributed by atoms with Crippen LogP contribution in [0.2, 0.25) is 0 Å². The first kappa shape index (κ1) is 23.0. The number of amides is 2. The van der Waals surface area contributed by atoms with Crippen LogP contribution in [0.3, 0.4) is 0 Å². The van der Waals surface area contributed by atoms with Crippen LogP contribution in [-0.4, -0.2) is 45.0 Å². The van der Waals surface area contributed by atoms with Gasteiger partial charge in [-0.15, -0.1) is 0 Å². The van der Waals surface area contributed by atoms with Crippen LogP contribution < -0.4 is 5.32 Å². The minimum Gasteiger partial charge on any atom is -0.352 e. The van der Waals surface area contributed by atoms with Gasteiger partial charge in [-0.25, -0.2) is 0 Å². The van der Waals surface area contributed by atoms with Crippen LogP contribution in [0.5, 0.6) is 0 Å². The smallest absolute Gasteiger partial charge is 0.280 e. The van der Waals surface area contributed by atoms with Crippen LogP contribution >= 0.6 is 0 Å². The maximum Gasteiger partial charge on any atom is 0.280 e. The molecule has 1 aliphatic heterocycles. The summed E-state index contributed by atoms with van der Waals surface area (Å²) in [5, 5.41) is 15.0. The lowest BCUT2D eigenvalue weighted by Gasteiger charge is -2.32. The van der Waals surface area contributed by atoms with Gasteiger partial charge in [0.2, 0.25) is 17.6 Å². The number of nitro benzene ring substituents is 1. The van der Waals surface area contributed by atoms with E-state index in [9.17, 15) is 24.5 Å². The molecule has 1 atom stereocenters. The van der Waals surface area contributed by atoms with Crippen molar-refractivity contribution < 1.29 is 19.3 Å². The van der Waals surface area contributed by atoms with Gasteiger partial charge in [0.05, 0.1) is 17.2 Å². The molecule has 0 bridgehead atoms. The molecule has 9 heteroatoms. The number of nitrogens with zero attached hydrogens (tertiary/aromatic N) is 2. The van der Waals surface area contributed by atoms with E-state index in [1.165, 1.54) is 23.1 Å². The number of piperazine rings is 1. The molecule has 2 amide bonds. The van der Waals surface area contributed by atoms with Crippen molar-refractivity contribution >= 4 is 34.2 Å². The average Bonchev–Trinajstić information content (AvgIpc) is 3.25. The van der Waals surface area contributed by atoms with E-state index in [0.717, 1.165) is 5.56 Å². The maximum absolute atomic E-state index is 13.5. The van der Waals surface area contributed by atoms with E-state index in [-0.39, 0.29) is 41.7 Å². The highest BCUT2D eigenvalue weighted by atomic mass is 16.6. The summed E-state index contributed by atoms with van der Waals surface area (Å²) < 4.78 is 0. The number of fused-ring (bicyclic) bond motifs is 1. The molecule has 5 rings (SSSR count). The molecule has 2 heterocycles. The Balaban J connectivity index is 1.51. The molecule has 1 fully saturated rings. The first-order valence-corrected chi connectivity index (χ1v) is 11.4. The first-order chi connectivity index (χ1) is 17.4. The molecule has 0 spiro atoms. The first-order valence-electron chi connectivity index (χ1n) is 11.4. The predicted molar refractivity (Wildman–Crippen MR) is 132 cm³/mol. The maximum atomic E-state index is 13.5. The van der Waals surface area contributed by atoms with E-state index in [4.69, 9.17) is 0 Å². The van der Waals surface area contributed by atoms with Crippen LogP contribution in [0.1, 0.15) is 27.2 Å². The minimum atomic E-state index is -0.883. The summed E-state index contributed by atoms with van der Waals surface area (Å²) in [6, 6.07) is 21.5. The molecule has 1 aromatic heterocycles. The quantitative estimate of drug-likeness (QED) is 0.237. The lowest BCUT2D eigenvalue weighted by Crippen LogP contribution is -2.58. The molecule has 4 aromatic rings. The standard InChI is InChI=1S/C27H22N4O5/c32-24-16-30(15-17-8-2-1-3-9-17)27(34)22(28-24)14-20-18-10-4-6-12-21(18)29-25(20)26(33)19-11-5-7-13-23(19)31(35)36/h1-13,22,29H,14-16H2,(H,28,32)/t22-/m1/s1. The minimum absolute atomic E-state index is 0.0554. The van der Waals surface area contributed by atoms with E-state index < -0.39 is 16.7 Å². The predicted octanol–water partition coefficient (Wildman–Crippen LogP) is 3.38. The van der Waals surface area contributed by atoms with Crippen molar-refractivity contribution in [3.8, 4) is 0 Å². The molecule has 2 N–H and O–H groups in total. The number of aromatic amines is 1. The van der Waals surface area contributed by atoms with Gasteiger partial charge in [-0.05, 0) is 23.3 Å². The van der Waals surface area contributed by atoms with E-state index in [1.54, 1.807) is 18.2 Å². The number of H-pyrrole nitrogens is 1. The fourth-order valence-corrected chi connectivity index (χ4v) is 4.62. The topological polar surface area (TPSA) is 125 Å². The number of carbonyl (C=O) groups is 3. The fraction of sp³-hybridized carbons (Fsp3) is 0.148. The van der Waals surface area contributed by atoms with E-state index in [1.807, 2.05) is 42.5 Å². The van der Waals surface area contributed by atoms with Crippen molar-refractivity contribution in [2.24, 2.45) is 0 Å². The zero-order valence-electron chi connectivity index (χ0n) is 19.1. The summed E-state index contributed by atoms with van der Waals surface area (Å²) in [6.07, 6.45) is 0.0571. The SMILES string of the molecule is O=C1CN(Cc2ccccc2)C(=O)[C@@H](Cc2c(C(=O)c3ccccc3[N+](=O)[O-])[nH]c3ccccc23)N1. The van der Waals surface area contributed by atoms with Gasteiger partial charge in [-0.2, -0.15) is 0 Å². The highest BCUT2D eigenvalue weighted by molar-refractivity contribution is 6.14. The molecule has 0 unspecified atom stereocenters. The van der Waals surface area contributed by atoms with Gasteiger partial charge in [0.1, 0.15) is 11.6 Å². The van der Waals surface area contributed by atoms with Gasteiger partial charge in [-0.1, -0.05) is 60.7 Å². The van der Waals surface area contributed by atoms with Gasteiger partial charge < -0.3 is 15.2 Å². The second-order valence-electron chi connectivity index (χ2n) is 8.63. The number of hydrogen-bond donors (Lipinski definition) is 2. The van der Waals surface area contributed by atoms with Crippen molar-refractivity contribution in [2.45, 2.75) is 19.0 Å². The van der Waals surface area contributed by atoms with Gasteiger partial charge in [0, 0.05) is 29.9 Å². The average molecular weight is 482 g/mol. The van der Waals surface area contributed by atoms with Gasteiger partial charge >= 0.3 is 0 Å². The number of carbonyl (C=O) groups excluding carboxylic acids is 3. The number of nitro groups is 1. The third-order valence-electron chi connectivity index (χ3n) is 6.29. The fourth-order valence-electron chi connectivity index (χ4n) is 4.62. The summed E-state index contributed by atoms with van der Waals surface area (Å²) in [4.78, 5) is 54.9. The zero-order valence-corrected chi connectivity index (χ0v) is 19.1. The van der Waals surface area contributed by atoms with Crippen molar-refractivity contribution in [2.75, 3.05) is 6.54 Å². The Kier molecular flexibility index (Phi) is 6.03. The van der Waals surface area contributed by atoms with Crippen LogP contribution in [-0.2, 0) is 22.6 Å². The summed E-state index contributed by atoms with van der Waals surface area (Å²) in [7, 11) is 0. The Morgan fingerprint density at radius 1 is 0.972 bits per heavy atom. The van der Waals surface area contributed by atoms with Crippen molar-refractivity contribution in [1.82, 2.24) is 15.2 Å². The van der Waals surface area contributed by atoms with Crippen molar-refractivity contribution in [1.29, 1.82) is 0 Å². The molecule has 180 valence electrons. The summed E-state index contributed by atoms with van der Waals surface area (Å²) in [5.41, 5.74) is 1.88. The Labute approximate surface area is 205 Å². The molecule has 0 saturated carbocycles. The number of ketones is 1. The van der Waals surface area contributed by atoms with Crippen molar-refractivity contribution in [3.05, 3.63) is 111 Å². The number of aromatic nitrogens is 1. The molecule has 1 aliphatic rings. The van der Waals surface area contributed by atoms with Crippen LogP contribution in [0.4, 0.5) is 5.69 Å². The zero-order chi connectivity index (χ0) is 25.2. The Morgan fingerprint density at radius 3 is 2.44 bits per heavy atom. The molecule has 3 aromatic carbocycles. The van der Waals surface area contributed by atoms with E-state index in [2.05, 4.69) is 10.3 Å². The van der Waals surface area contributed by atoms with Gasteiger partial charge in [0.15, 0.2) is 0 Å². The largest absolute Gasteiger partial charge is 0.352 e. The summed E-state index contributed by atoms with van der Waals surface area (Å²) in [5.74, 6) is -1.10. The van der Waals surface area contributed by atoms with Crippen LogP contribution in [0, 0.1) is 10.1 Å². The second kappa shape index (κ2) is 9.46. The Morgan fingerprint density at radius 2 is 1.67 bits per heavy atom. The lowest BCUT2D eigenvalue weighted by atomic mass is 9.96. The number of benzene rings is 3. The van der Waals surface area contributed by atoms with Crippen LogP contribution in [0.15, 0.2) is 78.9 Å². The van der Waals surface area contributed by atoms with Crippen molar-refractivity contribution in [3.63, 3.8) is 0 Å². The monoisotopic (exact) mass is 482 g/mol. The molecule has 1 saturated heterocycles. The van der Waals surface area contributed by atoms with E-state index >= 15 is 0 Å². The summed E-state index contributed by atoms with van der Waals surface area (Å²) >= 11 is 0. The number of para-hydroxylation sites is 2. The normalized spacial score (nSPS) is 15.7. The third-order valence-corrected chi connectivity index (χ3v) is 6.29. The molecule has 36 heavy (non-hydrogen) atoms. The van der Waals surface area contributed by atoms with E-state index in [0.29, 0.717) is 23.0 Å². The second-order valence-corrected chi connectivity index (χ2v) is 8.63. The molecular formula is C27H22N4O5. The number of rotatable bonds is 7. The van der Waals surface area contributed by atoms with Crippen LogP contribution in [0.25, 0.3) is 10.9 Å². The highest BCUT2D eigenvalue weighted by Gasteiger charge is 2.35. The summed E-state index contributed by atoms with van der Waals surface area (Å²) in [6.45, 7) is 0.236. The molecule has 9 nitrogen and oxygen atoms in total. The Hall–Kier alpha value is -4.79. The highest BCUT2D eigenvalue weighted by Crippen LogP contribution is 2.29. The molecular weight excluding hydrogens is 460 g/mol. The molecule has 0 aliphatic carbocycles. The Bertz CT molecular complexity index is 1490. The van der Waals surface area contributed by atoms with Gasteiger partial charge in [-0.3, -0.25) is 24.5 Å². The molecule has 0 radical (unpaired) electrons. The number of hydrogen-bond acceptors (Lipinski definition) is 5. The lowest BCUT2D eigenvalue weighted by molar-refractivity contribution is -0.385. The van der Waals surface area contributed by atoms with Gasteiger partial charge in [0.25, 0.3) is 5.69 Å².